The Bertz CT molecular complexity index is 2110. The van der Waals surface area contributed by atoms with Gasteiger partial charge in [-0.1, -0.05) is 67.5 Å². The van der Waals surface area contributed by atoms with E-state index in [-0.39, 0.29) is 43.3 Å². The molecule has 26 heteroatoms. The van der Waals surface area contributed by atoms with Gasteiger partial charge in [0.05, 0.1) is 25.0 Å². The van der Waals surface area contributed by atoms with Crippen molar-refractivity contribution in [3.63, 3.8) is 0 Å². The monoisotopic (exact) mass is 1070 g/mol. The van der Waals surface area contributed by atoms with E-state index in [0.717, 1.165) is 0 Å². The minimum Gasteiger partial charge on any atom is -0.508 e. The summed E-state index contributed by atoms with van der Waals surface area (Å²) >= 11 is 1.35. The van der Waals surface area contributed by atoms with Crippen LogP contribution in [0.15, 0.2) is 24.3 Å². The van der Waals surface area contributed by atoms with Gasteiger partial charge in [0.15, 0.2) is 0 Å². The lowest BCUT2D eigenvalue weighted by Gasteiger charge is -2.30. The van der Waals surface area contributed by atoms with E-state index in [0.29, 0.717) is 11.3 Å². The highest BCUT2D eigenvalue weighted by Crippen LogP contribution is 2.14. The lowest BCUT2D eigenvalue weighted by Crippen LogP contribution is -2.62. The molecule has 0 radical (unpaired) electrons. The number of carboxylic acid groups (broad SMARTS) is 3. The maximum atomic E-state index is 14.1. The quantitative estimate of drug-likeness (QED) is 0.0389. The van der Waals surface area contributed by atoms with E-state index in [1.165, 1.54) is 44.7 Å². The normalized spacial score (nSPS) is 15.4. The van der Waals surface area contributed by atoms with E-state index < -0.39 is 150 Å². The summed E-state index contributed by atoms with van der Waals surface area (Å²) in [4.78, 5) is 144. The van der Waals surface area contributed by atoms with Crippen LogP contribution in [-0.4, -0.2) is 163 Å². The number of aliphatic hydroxyl groups is 1. The fourth-order valence-corrected chi connectivity index (χ4v) is 7.69. The SMILES string of the molecule is CSCC[C@H](NC(=O)[C@@H](NC(=O)[C@@H](N)Cc1ccc(O)cc1)[C@@H](C)O)C(=O)N[C@@H](CC(C)C)C(=O)N[C@H](C(=O)N[C@H](C(=O)N[C@@H](CC(=O)O)C(=O)N[C@@H](CC(=O)O)C(=O)N[C@@H](CC(C)C)C(=O)O)C(C)C)C(C)C. The number of hydrogen-bond donors (Lipinski definition) is 14. The lowest BCUT2D eigenvalue weighted by atomic mass is 9.97. The standard InChI is InChI=1S/C48H77N9O16S/c1-22(2)17-31(51-41(65)30(15-16-74-10)50-47(71)39(26(9)58)57-40(64)29(49)19-27-11-13-28(59)14-12-27)44(68)55-38(25(7)8)46(70)56-37(24(5)6)45(69)53-33(21-36(62)63)42(66)52-32(20-35(60)61)43(67)54-34(48(72)73)18-23(3)4/h11-14,22-26,29-34,37-39,58-59H,15-21,49H2,1-10H3,(H,50,71)(H,51,65)(H,52,66)(H,53,69)(H,54,67)(H,55,68)(H,56,70)(H,57,64)(H,60,61)(H,62,63)(H,72,73)/t26-,29+,30+,31+,32+,33+,34+,37+,38+,39+/m1/s1. The summed E-state index contributed by atoms with van der Waals surface area (Å²) < 4.78 is 0. The highest BCUT2D eigenvalue weighted by molar-refractivity contribution is 7.98. The molecule has 1 rings (SSSR count). The molecule has 15 N–H and O–H groups in total. The summed E-state index contributed by atoms with van der Waals surface area (Å²) in [5, 5.41) is 68.1. The average Bonchev–Trinajstić information content (AvgIpc) is 3.28. The van der Waals surface area contributed by atoms with Gasteiger partial charge in [0.25, 0.3) is 0 Å². The summed E-state index contributed by atoms with van der Waals surface area (Å²) in [6.45, 7) is 14.3. The van der Waals surface area contributed by atoms with E-state index in [1.54, 1.807) is 59.9 Å². The Morgan fingerprint density at radius 2 is 0.865 bits per heavy atom. The molecule has 0 aliphatic carbocycles. The third kappa shape index (κ3) is 23.6. The van der Waals surface area contributed by atoms with Crippen molar-refractivity contribution >= 4 is 76.9 Å². The van der Waals surface area contributed by atoms with Crippen LogP contribution in [0.4, 0.5) is 0 Å². The predicted octanol–water partition coefficient (Wildman–Crippen LogP) is -1.29. The molecule has 1 aromatic rings. The molecule has 0 bridgehead atoms. The largest absolute Gasteiger partial charge is 0.508 e. The van der Waals surface area contributed by atoms with Crippen LogP contribution in [0.25, 0.3) is 0 Å². The Balaban J connectivity index is 3.34. The maximum absolute atomic E-state index is 14.1. The molecule has 0 aliphatic heterocycles. The zero-order chi connectivity index (χ0) is 56.7. The van der Waals surface area contributed by atoms with Crippen molar-refractivity contribution in [3.05, 3.63) is 29.8 Å². The molecule has 1 aromatic carbocycles. The number of nitrogens with one attached hydrogen (secondary N) is 8. The van der Waals surface area contributed by atoms with Gasteiger partial charge in [-0.15, -0.1) is 0 Å². The Kier molecular flexibility index (Phi) is 28.2. The van der Waals surface area contributed by atoms with Crippen LogP contribution in [0.1, 0.15) is 100.0 Å². The third-order valence-electron chi connectivity index (χ3n) is 11.2. The number of hydrogen-bond acceptors (Lipinski definition) is 15. The fourth-order valence-electron chi connectivity index (χ4n) is 7.22. The minimum atomic E-state index is -1.95. The van der Waals surface area contributed by atoms with Crippen molar-refractivity contribution < 1.29 is 78.3 Å². The number of carbonyl (C=O) groups is 11. The highest BCUT2D eigenvalue weighted by atomic mass is 32.2. The van der Waals surface area contributed by atoms with Gasteiger partial charge in [-0.3, -0.25) is 47.9 Å². The van der Waals surface area contributed by atoms with E-state index in [1.807, 2.05) is 0 Å². The smallest absolute Gasteiger partial charge is 0.326 e. The van der Waals surface area contributed by atoms with Gasteiger partial charge < -0.3 is 73.8 Å². The summed E-state index contributed by atoms with van der Waals surface area (Å²) in [7, 11) is 0. The Hall–Kier alpha value is -6.54. The Morgan fingerprint density at radius 1 is 0.500 bits per heavy atom. The van der Waals surface area contributed by atoms with E-state index >= 15 is 0 Å². The number of aliphatic hydroxyl groups excluding tert-OH is 1. The van der Waals surface area contributed by atoms with Crippen LogP contribution in [0.3, 0.4) is 0 Å². The second-order valence-electron chi connectivity index (χ2n) is 19.5. The molecule has 10 atom stereocenters. The maximum Gasteiger partial charge on any atom is 0.326 e. The van der Waals surface area contributed by atoms with Crippen molar-refractivity contribution in [2.24, 2.45) is 29.4 Å². The number of benzene rings is 1. The average molecular weight is 1070 g/mol. The molecule has 0 aliphatic rings. The number of carbonyl (C=O) groups excluding carboxylic acids is 8. The lowest BCUT2D eigenvalue weighted by molar-refractivity contribution is -0.145. The molecule has 0 saturated heterocycles. The number of phenolic OH excluding ortho intramolecular Hbond substituents is 1. The first-order chi connectivity index (χ1) is 34.4. The molecule has 416 valence electrons. The van der Waals surface area contributed by atoms with E-state index in [9.17, 15) is 78.3 Å². The molecule has 0 unspecified atom stereocenters. The van der Waals surface area contributed by atoms with Crippen molar-refractivity contribution in [1.82, 2.24) is 42.5 Å². The number of amides is 8. The van der Waals surface area contributed by atoms with Crippen LogP contribution in [0.5, 0.6) is 5.75 Å². The number of phenols is 1. The summed E-state index contributed by atoms with van der Waals surface area (Å²) in [5.74, 6) is -13.9. The second-order valence-corrected chi connectivity index (χ2v) is 20.5. The van der Waals surface area contributed by atoms with Gasteiger partial charge >= 0.3 is 17.9 Å². The zero-order valence-corrected chi connectivity index (χ0v) is 44.4. The van der Waals surface area contributed by atoms with Crippen molar-refractivity contribution in [2.75, 3.05) is 12.0 Å². The number of carboxylic acids is 3. The van der Waals surface area contributed by atoms with Crippen molar-refractivity contribution in [2.45, 2.75) is 161 Å². The van der Waals surface area contributed by atoms with Crippen molar-refractivity contribution in [1.29, 1.82) is 0 Å². The molecule has 74 heavy (non-hydrogen) atoms. The van der Waals surface area contributed by atoms with Crippen LogP contribution < -0.4 is 48.3 Å². The summed E-state index contributed by atoms with van der Waals surface area (Å²) in [6.07, 6.45) is -1.75. The second kappa shape index (κ2) is 31.9. The number of thioether (sulfide) groups is 1. The zero-order valence-electron chi connectivity index (χ0n) is 43.6. The first kappa shape index (κ1) is 65.5. The molecule has 0 spiro atoms. The van der Waals surface area contributed by atoms with Gasteiger partial charge in [-0.05, 0) is 86.0 Å². The molecule has 0 fully saturated rings. The Labute approximate surface area is 434 Å². The number of aromatic hydroxyl groups is 1. The molecule has 0 aromatic heterocycles. The Morgan fingerprint density at radius 3 is 1.30 bits per heavy atom. The first-order valence-electron chi connectivity index (χ1n) is 24.2. The molecule has 8 amide bonds. The first-order valence-corrected chi connectivity index (χ1v) is 25.6. The van der Waals surface area contributed by atoms with Crippen LogP contribution >= 0.6 is 11.8 Å². The van der Waals surface area contributed by atoms with Gasteiger partial charge in [0, 0.05) is 0 Å². The number of rotatable bonds is 33. The number of aliphatic carboxylic acids is 3. The predicted molar refractivity (Wildman–Crippen MR) is 271 cm³/mol. The van der Waals surface area contributed by atoms with Crippen LogP contribution in [-0.2, 0) is 59.2 Å². The molecular formula is C48H77N9O16S. The highest BCUT2D eigenvalue weighted by Gasteiger charge is 2.38. The van der Waals surface area contributed by atoms with Gasteiger partial charge in [-0.2, -0.15) is 11.8 Å². The van der Waals surface area contributed by atoms with E-state index in [4.69, 9.17) is 5.73 Å². The van der Waals surface area contributed by atoms with Gasteiger partial charge in [-0.25, -0.2) is 4.79 Å². The molecule has 0 heterocycles. The summed E-state index contributed by atoms with van der Waals surface area (Å²) in [5.41, 5.74) is 6.70. The topological polar surface area (TPSA) is 411 Å². The number of nitrogens with two attached hydrogens (primary N) is 1. The van der Waals surface area contributed by atoms with Crippen molar-refractivity contribution in [3.8, 4) is 5.75 Å². The fraction of sp³-hybridized carbons (Fsp3) is 0.646. The molecule has 0 saturated carbocycles. The molecular weight excluding hydrogens is 991 g/mol. The van der Waals surface area contributed by atoms with Gasteiger partial charge in [0.1, 0.15) is 54.1 Å². The van der Waals surface area contributed by atoms with Gasteiger partial charge in [0.2, 0.25) is 47.3 Å². The molecule has 25 nitrogen and oxygen atoms in total. The summed E-state index contributed by atoms with van der Waals surface area (Å²) in [6, 6.07) is -7.53. The van der Waals surface area contributed by atoms with Crippen LogP contribution in [0, 0.1) is 23.7 Å². The third-order valence-corrected chi connectivity index (χ3v) is 11.9. The van der Waals surface area contributed by atoms with E-state index in [2.05, 4.69) is 42.5 Å². The van der Waals surface area contributed by atoms with Crippen LogP contribution in [0.2, 0.25) is 0 Å². The minimum absolute atomic E-state index is 0.00827.